The van der Waals surface area contributed by atoms with Gasteiger partial charge in [-0.15, -0.1) is 0 Å². The predicted octanol–water partition coefficient (Wildman–Crippen LogP) is 6.82. The minimum Gasteiger partial charge on any atom is -0.402 e. The molecule has 7 heteroatoms. The third-order valence-electron chi connectivity index (χ3n) is 5.74. The van der Waals surface area contributed by atoms with Gasteiger partial charge < -0.3 is 31.0 Å². The zero-order valence-corrected chi connectivity index (χ0v) is 26.4. The Hall–Kier alpha value is -0.175. The quantitative estimate of drug-likeness (QED) is 0.0602. The number of nitrogens with one attached hydrogen (secondary N) is 3. The maximum Gasteiger partial charge on any atom is 0.631 e. The van der Waals surface area contributed by atoms with E-state index >= 15 is 0 Å². The fraction of sp³-hybridized carbons (Fsp3) is 1.00. The molecule has 6 N–H and O–H groups in total. The molecule has 0 aromatic rings. The summed E-state index contributed by atoms with van der Waals surface area (Å²) in [6.07, 6.45) is 24.4. The molecule has 0 aliphatic carbocycles. The zero-order valence-electron chi connectivity index (χ0n) is 26.4. The van der Waals surface area contributed by atoms with Gasteiger partial charge >= 0.3 is 7.32 Å². The molecule has 0 spiro atoms. The van der Waals surface area contributed by atoms with Gasteiger partial charge in [0.1, 0.15) is 0 Å². The molecule has 0 heterocycles. The summed E-state index contributed by atoms with van der Waals surface area (Å²) in [7, 11) is -2.17. The maximum absolute atomic E-state index is 7.17. The molecule has 0 radical (unpaired) electrons. The van der Waals surface area contributed by atoms with E-state index in [9.17, 15) is 0 Å². The van der Waals surface area contributed by atoms with Crippen molar-refractivity contribution in [1.82, 2.24) is 16.0 Å². The average molecular weight is 534 g/mol. The first-order valence-corrected chi connectivity index (χ1v) is 16.1. The van der Waals surface area contributed by atoms with E-state index in [2.05, 4.69) is 57.5 Å². The van der Waals surface area contributed by atoms with Crippen LogP contribution in [0, 0.1) is 0 Å². The van der Waals surface area contributed by atoms with Crippen molar-refractivity contribution in [1.29, 1.82) is 0 Å². The van der Waals surface area contributed by atoms with Crippen LogP contribution in [0.3, 0.4) is 0 Å². The number of rotatable bonds is 24. The lowest BCUT2D eigenvalue weighted by Crippen LogP contribution is -2.16. The van der Waals surface area contributed by atoms with Crippen LogP contribution in [0.1, 0.15) is 157 Å². The SMILES string of the molecule is CCCCCCNCCCC.CCCCCCNCCCC.CCCCCCNCCCC.OB(O)O. The highest BCUT2D eigenvalue weighted by Crippen LogP contribution is 1.98. The third-order valence-corrected chi connectivity index (χ3v) is 5.74. The van der Waals surface area contributed by atoms with Crippen molar-refractivity contribution in [2.75, 3.05) is 39.3 Å². The molecule has 0 amide bonds. The molecule has 37 heavy (non-hydrogen) atoms. The van der Waals surface area contributed by atoms with Gasteiger partial charge in [0.2, 0.25) is 0 Å². The van der Waals surface area contributed by atoms with E-state index in [0.717, 1.165) is 0 Å². The number of unbranched alkanes of at least 4 members (excludes halogenated alkanes) is 12. The van der Waals surface area contributed by atoms with Gasteiger partial charge in [-0.05, 0) is 77.8 Å². The summed E-state index contributed by atoms with van der Waals surface area (Å²) in [5.74, 6) is 0. The van der Waals surface area contributed by atoms with Gasteiger partial charge in [-0.3, -0.25) is 0 Å². The Morgan fingerprint density at radius 2 is 0.514 bits per heavy atom. The van der Waals surface area contributed by atoms with Crippen LogP contribution in [0.5, 0.6) is 0 Å². The summed E-state index contributed by atoms with van der Waals surface area (Å²) < 4.78 is 0. The molecule has 0 atom stereocenters. The largest absolute Gasteiger partial charge is 0.631 e. The lowest BCUT2D eigenvalue weighted by atomic mass is 10.2. The zero-order chi connectivity index (χ0) is 28.7. The molecule has 0 saturated carbocycles. The maximum atomic E-state index is 7.17. The van der Waals surface area contributed by atoms with Crippen LogP contribution in [0.4, 0.5) is 0 Å². The Morgan fingerprint density at radius 1 is 0.324 bits per heavy atom. The van der Waals surface area contributed by atoms with Gasteiger partial charge in [0.15, 0.2) is 0 Å². The van der Waals surface area contributed by atoms with Crippen molar-refractivity contribution in [3.8, 4) is 0 Å². The van der Waals surface area contributed by atoms with Crippen molar-refractivity contribution in [3.05, 3.63) is 0 Å². The molecule has 0 fully saturated rings. The van der Waals surface area contributed by atoms with E-state index in [1.807, 2.05) is 0 Å². The molecule has 6 nitrogen and oxygen atoms in total. The second-order valence-electron chi connectivity index (χ2n) is 9.84. The second kappa shape index (κ2) is 48.8. The molecule has 0 rings (SSSR count). The summed E-state index contributed by atoms with van der Waals surface area (Å²) in [4.78, 5) is 0. The molecule has 0 unspecified atom stereocenters. The van der Waals surface area contributed by atoms with Crippen molar-refractivity contribution >= 4 is 7.32 Å². The van der Waals surface area contributed by atoms with Crippen molar-refractivity contribution in [3.63, 3.8) is 0 Å². The van der Waals surface area contributed by atoms with E-state index in [1.54, 1.807) is 0 Å². The molecule has 0 saturated heterocycles. The monoisotopic (exact) mass is 534 g/mol. The fourth-order valence-corrected chi connectivity index (χ4v) is 3.31. The number of hydrogen-bond acceptors (Lipinski definition) is 6. The highest BCUT2D eigenvalue weighted by molar-refractivity contribution is 6.30. The van der Waals surface area contributed by atoms with Crippen LogP contribution < -0.4 is 16.0 Å². The van der Waals surface area contributed by atoms with Crippen molar-refractivity contribution in [2.24, 2.45) is 0 Å². The molecular weight excluding hydrogens is 461 g/mol. The Balaban J connectivity index is -0.000000205. The average Bonchev–Trinajstić information content (AvgIpc) is 2.88. The molecule has 228 valence electrons. The first-order valence-electron chi connectivity index (χ1n) is 16.1. The van der Waals surface area contributed by atoms with Crippen molar-refractivity contribution in [2.45, 2.75) is 157 Å². The fourth-order valence-electron chi connectivity index (χ4n) is 3.31. The van der Waals surface area contributed by atoms with Crippen LogP contribution >= 0.6 is 0 Å². The summed E-state index contributed by atoms with van der Waals surface area (Å²) in [5, 5.41) is 31.8. The standard InChI is InChI=1S/3C10H23N.BH3O3/c3*1-3-5-7-8-10-11-9-6-4-2;2-1(3)4/h3*11H,3-10H2,1-2H3;2-4H. The molecule has 0 aromatic heterocycles. The Labute approximate surface area is 234 Å². The highest BCUT2D eigenvalue weighted by atomic mass is 16.5. The van der Waals surface area contributed by atoms with Crippen molar-refractivity contribution < 1.29 is 15.1 Å². The lowest BCUT2D eigenvalue weighted by molar-refractivity contribution is 0.278. The molecule has 0 aromatic carbocycles. The first-order chi connectivity index (χ1) is 18.0. The minimum absolute atomic E-state index is 1.21. The smallest absolute Gasteiger partial charge is 0.402 e. The highest BCUT2D eigenvalue weighted by Gasteiger charge is 1.93. The van der Waals surface area contributed by atoms with E-state index in [4.69, 9.17) is 15.1 Å². The molecule has 0 bridgehead atoms. The molecular formula is C30H72BN3O3. The Morgan fingerprint density at radius 3 is 0.703 bits per heavy atom. The van der Waals surface area contributed by atoms with Crippen LogP contribution in [-0.4, -0.2) is 61.7 Å². The van der Waals surface area contributed by atoms with Gasteiger partial charge in [0.05, 0.1) is 0 Å². The van der Waals surface area contributed by atoms with E-state index < -0.39 is 7.32 Å². The van der Waals surface area contributed by atoms with Gasteiger partial charge in [-0.25, -0.2) is 0 Å². The molecule has 0 aliphatic heterocycles. The van der Waals surface area contributed by atoms with E-state index in [1.165, 1.54) is 155 Å². The summed E-state index contributed by atoms with van der Waals surface area (Å²) in [5.41, 5.74) is 0. The minimum atomic E-state index is -2.17. The van der Waals surface area contributed by atoms with Crippen LogP contribution in [0.25, 0.3) is 0 Å². The second-order valence-corrected chi connectivity index (χ2v) is 9.84. The lowest BCUT2D eigenvalue weighted by Gasteiger charge is -2.02. The molecule has 0 aliphatic rings. The Kier molecular flexibility index (Phi) is 57.9. The van der Waals surface area contributed by atoms with Gasteiger partial charge in [-0.1, -0.05) is 119 Å². The predicted molar refractivity (Wildman–Crippen MR) is 168 cm³/mol. The van der Waals surface area contributed by atoms with Gasteiger partial charge in [-0.2, -0.15) is 0 Å². The van der Waals surface area contributed by atoms with Gasteiger partial charge in [0.25, 0.3) is 0 Å². The topological polar surface area (TPSA) is 96.8 Å². The van der Waals surface area contributed by atoms with E-state index in [0.29, 0.717) is 0 Å². The Bertz CT molecular complexity index is 259. The van der Waals surface area contributed by atoms with E-state index in [-0.39, 0.29) is 0 Å². The van der Waals surface area contributed by atoms with Gasteiger partial charge in [0, 0.05) is 0 Å². The summed E-state index contributed by atoms with van der Waals surface area (Å²) in [6.45, 7) is 20.8. The first kappa shape index (κ1) is 43.9. The van der Waals surface area contributed by atoms with Crippen LogP contribution in [0.15, 0.2) is 0 Å². The summed E-state index contributed by atoms with van der Waals surface area (Å²) in [6, 6.07) is 0. The number of hydrogen-bond donors (Lipinski definition) is 6. The van der Waals surface area contributed by atoms with Crippen LogP contribution in [0.2, 0.25) is 0 Å². The summed E-state index contributed by atoms with van der Waals surface area (Å²) >= 11 is 0. The normalized spacial score (nSPS) is 9.97. The third kappa shape index (κ3) is 72.2. The van der Waals surface area contributed by atoms with Crippen LogP contribution in [-0.2, 0) is 0 Å².